The van der Waals surface area contributed by atoms with Crippen LogP contribution in [0.2, 0.25) is 0 Å². The minimum atomic E-state index is -0.221. The predicted octanol–water partition coefficient (Wildman–Crippen LogP) is 4.97. The van der Waals surface area contributed by atoms with E-state index in [1.807, 2.05) is 96.6 Å². The summed E-state index contributed by atoms with van der Waals surface area (Å²) >= 11 is 1.32. The van der Waals surface area contributed by atoms with Gasteiger partial charge in [0.25, 0.3) is 5.91 Å². The third-order valence-electron chi connectivity index (χ3n) is 5.30. The Bertz CT molecular complexity index is 1450. The Morgan fingerprint density at radius 1 is 1.03 bits per heavy atom. The molecule has 2 aromatic heterocycles. The van der Waals surface area contributed by atoms with Crippen LogP contribution < -0.4 is 5.43 Å². The summed E-state index contributed by atoms with van der Waals surface area (Å²) in [5, 5.41) is 14.6. The highest BCUT2D eigenvalue weighted by Crippen LogP contribution is 2.28. The number of para-hydroxylation sites is 1. The van der Waals surface area contributed by atoms with E-state index in [4.69, 9.17) is 0 Å². The van der Waals surface area contributed by atoms with Gasteiger partial charge in [0.15, 0.2) is 11.0 Å². The minimum absolute atomic E-state index is 0.157. The number of nitrogens with one attached hydrogen (secondary N) is 2. The van der Waals surface area contributed by atoms with Gasteiger partial charge in [-0.3, -0.25) is 9.36 Å². The molecule has 0 atom stereocenters. The van der Waals surface area contributed by atoms with Gasteiger partial charge in [-0.1, -0.05) is 78.0 Å². The van der Waals surface area contributed by atoms with Crippen molar-refractivity contribution in [3.8, 4) is 17.1 Å². The van der Waals surface area contributed by atoms with Gasteiger partial charge in [-0.15, -0.1) is 10.2 Å². The number of amides is 1. The molecule has 1 amide bonds. The molecule has 5 aromatic rings. The van der Waals surface area contributed by atoms with Crippen molar-refractivity contribution in [2.75, 3.05) is 5.75 Å². The molecule has 0 saturated carbocycles. The number of aromatic nitrogens is 4. The van der Waals surface area contributed by atoms with Gasteiger partial charge < -0.3 is 4.98 Å². The van der Waals surface area contributed by atoms with E-state index in [1.54, 1.807) is 6.21 Å². The molecule has 8 heteroatoms. The molecule has 5 rings (SSSR count). The molecule has 3 aromatic carbocycles. The lowest BCUT2D eigenvalue weighted by Gasteiger charge is -2.10. The third-order valence-corrected chi connectivity index (χ3v) is 6.23. The number of carbonyl (C=O) groups is 1. The largest absolute Gasteiger partial charge is 0.361 e. The zero-order valence-corrected chi connectivity index (χ0v) is 19.3. The summed E-state index contributed by atoms with van der Waals surface area (Å²) in [5.74, 6) is 0.662. The minimum Gasteiger partial charge on any atom is -0.361 e. The standard InChI is InChI=1S/C26H22N6OS/c1-18-11-13-21(14-12-18)32-25(19-7-3-2-4-8-19)30-31-26(32)34-17-24(33)29-28-16-20-15-27-23-10-6-5-9-22(20)23/h2-16,27H,17H2,1H3,(H,29,33)/b28-16-. The quantitative estimate of drug-likeness (QED) is 0.201. The van der Waals surface area contributed by atoms with E-state index in [0.717, 1.165) is 33.5 Å². The SMILES string of the molecule is Cc1ccc(-n2c(SCC(=O)N/N=C\c3c[nH]c4ccccc34)nnc2-c2ccccc2)cc1. The second-order valence-corrected chi connectivity index (χ2v) is 8.66. The van der Waals surface area contributed by atoms with Crippen molar-refractivity contribution < 1.29 is 4.79 Å². The maximum atomic E-state index is 12.5. The number of thioether (sulfide) groups is 1. The molecule has 0 fully saturated rings. The Labute approximate surface area is 200 Å². The fraction of sp³-hybridized carbons (Fsp3) is 0.0769. The number of nitrogens with zero attached hydrogens (tertiary/aromatic N) is 4. The number of aromatic amines is 1. The zero-order valence-electron chi connectivity index (χ0n) is 18.5. The van der Waals surface area contributed by atoms with Gasteiger partial charge in [0.2, 0.25) is 0 Å². The number of fused-ring (bicyclic) bond motifs is 1. The van der Waals surface area contributed by atoms with Crippen LogP contribution in [0.25, 0.3) is 28.0 Å². The molecule has 0 unspecified atom stereocenters. The Morgan fingerprint density at radius 3 is 2.62 bits per heavy atom. The van der Waals surface area contributed by atoms with Crippen molar-refractivity contribution in [2.24, 2.45) is 5.10 Å². The van der Waals surface area contributed by atoms with Crippen LogP contribution >= 0.6 is 11.8 Å². The molecule has 0 aliphatic rings. The first-order valence-corrected chi connectivity index (χ1v) is 11.8. The molecule has 0 aliphatic carbocycles. The van der Waals surface area contributed by atoms with Gasteiger partial charge in [-0.2, -0.15) is 5.10 Å². The lowest BCUT2D eigenvalue weighted by Crippen LogP contribution is -2.20. The first kappa shape index (κ1) is 21.7. The topological polar surface area (TPSA) is 88.0 Å². The first-order valence-electron chi connectivity index (χ1n) is 10.8. The Balaban J connectivity index is 1.31. The van der Waals surface area contributed by atoms with Crippen LogP contribution in [0, 0.1) is 6.92 Å². The zero-order chi connectivity index (χ0) is 23.3. The molecule has 168 valence electrons. The van der Waals surface area contributed by atoms with E-state index in [1.165, 1.54) is 17.3 Å². The molecular formula is C26H22N6OS. The number of hydrazone groups is 1. The Morgan fingerprint density at radius 2 is 1.79 bits per heavy atom. The van der Waals surface area contributed by atoms with Gasteiger partial charge >= 0.3 is 0 Å². The Kier molecular flexibility index (Phi) is 6.22. The molecule has 0 spiro atoms. The predicted molar refractivity (Wildman–Crippen MR) is 136 cm³/mol. The van der Waals surface area contributed by atoms with Crippen LogP contribution in [0.4, 0.5) is 0 Å². The monoisotopic (exact) mass is 466 g/mol. The summed E-state index contributed by atoms with van der Waals surface area (Å²) in [6, 6.07) is 26.0. The number of aryl methyl sites for hydroxylation is 1. The van der Waals surface area contributed by atoms with E-state index in [2.05, 4.69) is 25.7 Å². The van der Waals surface area contributed by atoms with Crippen LogP contribution in [-0.2, 0) is 4.79 Å². The van der Waals surface area contributed by atoms with Crippen LogP contribution in [0.1, 0.15) is 11.1 Å². The normalized spacial score (nSPS) is 11.3. The highest BCUT2D eigenvalue weighted by Gasteiger charge is 2.17. The molecule has 34 heavy (non-hydrogen) atoms. The van der Waals surface area contributed by atoms with Crippen LogP contribution in [0.5, 0.6) is 0 Å². The van der Waals surface area contributed by atoms with Gasteiger partial charge in [0.1, 0.15) is 0 Å². The first-order chi connectivity index (χ1) is 16.7. The van der Waals surface area contributed by atoms with Crippen molar-refractivity contribution in [3.63, 3.8) is 0 Å². The number of carbonyl (C=O) groups excluding carboxylic acids is 1. The second-order valence-electron chi connectivity index (χ2n) is 7.71. The lowest BCUT2D eigenvalue weighted by atomic mass is 10.2. The number of hydrogen-bond donors (Lipinski definition) is 2. The fourth-order valence-electron chi connectivity index (χ4n) is 3.60. The smallest absolute Gasteiger partial charge is 0.250 e. The summed E-state index contributed by atoms with van der Waals surface area (Å²) in [4.78, 5) is 15.7. The summed E-state index contributed by atoms with van der Waals surface area (Å²) in [7, 11) is 0. The van der Waals surface area contributed by atoms with E-state index < -0.39 is 0 Å². The Hall–Kier alpha value is -4.17. The maximum absolute atomic E-state index is 12.5. The highest BCUT2D eigenvalue weighted by molar-refractivity contribution is 7.99. The number of rotatable bonds is 7. The molecule has 7 nitrogen and oxygen atoms in total. The number of hydrogen-bond acceptors (Lipinski definition) is 5. The van der Waals surface area contributed by atoms with Gasteiger partial charge in [-0.05, 0) is 25.1 Å². The average Bonchev–Trinajstić information content (AvgIpc) is 3.48. The van der Waals surface area contributed by atoms with E-state index in [0.29, 0.717) is 5.16 Å². The van der Waals surface area contributed by atoms with Crippen molar-refractivity contribution in [3.05, 3.63) is 96.2 Å². The summed E-state index contributed by atoms with van der Waals surface area (Å²) in [6.07, 6.45) is 3.51. The lowest BCUT2D eigenvalue weighted by molar-refractivity contribution is -0.118. The van der Waals surface area contributed by atoms with Gasteiger partial charge in [0, 0.05) is 33.9 Å². The summed E-state index contributed by atoms with van der Waals surface area (Å²) < 4.78 is 1.97. The van der Waals surface area contributed by atoms with Crippen LogP contribution in [0.3, 0.4) is 0 Å². The number of benzene rings is 3. The molecule has 2 heterocycles. The molecule has 0 aliphatic heterocycles. The molecular weight excluding hydrogens is 444 g/mol. The molecule has 0 saturated heterocycles. The summed E-state index contributed by atoms with van der Waals surface area (Å²) in [5.41, 5.74) is 7.60. The van der Waals surface area contributed by atoms with E-state index >= 15 is 0 Å². The van der Waals surface area contributed by atoms with Gasteiger partial charge in [-0.25, -0.2) is 5.43 Å². The second kappa shape index (κ2) is 9.76. The fourth-order valence-corrected chi connectivity index (χ4v) is 4.35. The maximum Gasteiger partial charge on any atom is 0.250 e. The highest BCUT2D eigenvalue weighted by atomic mass is 32.2. The molecule has 0 bridgehead atoms. The van der Waals surface area contributed by atoms with E-state index in [-0.39, 0.29) is 11.7 Å². The van der Waals surface area contributed by atoms with Crippen molar-refractivity contribution in [1.82, 2.24) is 25.2 Å². The molecule has 0 radical (unpaired) electrons. The summed E-state index contributed by atoms with van der Waals surface area (Å²) in [6.45, 7) is 2.05. The van der Waals surface area contributed by atoms with Crippen LogP contribution in [-0.4, -0.2) is 37.6 Å². The third kappa shape index (κ3) is 4.62. The van der Waals surface area contributed by atoms with E-state index in [9.17, 15) is 4.79 Å². The number of H-pyrrole nitrogens is 1. The average molecular weight is 467 g/mol. The van der Waals surface area contributed by atoms with Gasteiger partial charge in [0.05, 0.1) is 12.0 Å². The van der Waals surface area contributed by atoms with Crippen molar-refractivity contribution >= 4 is 34.8 Å². The van der Waals surface area contributed by atoms with Crippen LogP contribution in [0.15, 0.2) is 95.3 Å². The molecule has 2 N–H and O–H groups in total. The van der Waals surface area contributed by atoms with Crippen molar-refractivity contribution in [1.29, 1.82) is 0 Å². The van der Waals surface area contributed by atoms with Crippen molar-refractivity contribution in [2.45, 2.75) is 12.1 Å².